The number of pyridine rings is 1. The largest absolute Gasteiger partial charge is 0.507 e. The molecule has 21 heavy (non-hydrogen) atoms. The zero-order chi connectivity index (χ0) is 15.0. The Morgan fingerprint density at radius 3 is 2.52 bits per heavy atom. The van der Waals surface area contributed by atoms with Crippen molar-refractivity contribution in [1.82, 2.24) is 4.57 Å². The molecule has 4 nitrogen and oxygen atoms in total. The zero-order valence-corrected chi connectivity index (χ0v) is 11.2. The average Bonchev–Trinajstić information content (AvgIpc) is 2.48. The number of methoxy groups -OCH3 is 1. The van der Waals surface area contributed by atoms with Crippen LogP contribution in [0.2, 0.25) is 0 Å². The fourth-order valence-electron chi connectivity index (χ4n) is 2.25. The standard InChI is InChI=1S/C16H12FNO3/c1-21-13-8-10-6-7-18(12-4-2-11(17)3-5-12)16(20)15(10)14(19)9-13/h2-9,19H,1H3. The molecule has 0 aliphatic carbocycles. The van der Waals surface area contributed by atoms with Gasteiger partial charge in [0.15, 0.2) is 0 Å². The van der Waals surface area contributed by atoms with Crippen LogP contribution in [-0.2, 0) is 0 Å². The molecule has 0 atom stereocenters. The molecule has 3 aromatic rings. The predicted octanol–water partition coefficient (Wildman–Crippen LogP) is 2.84. The lowest BCUT2D eigenvalue weighted by atomic mass is 10.1. The number of phenolic OH excluding ortho intramolecular Hbond substituents is 1. The van der Waals surface area contributed by atoms with E-state index in [1.165, 1.54) is 42.0 Å². The molecule has 1 heterocycles. The second kappa shape index (κ2) is 4.94. The first-order valence-electron chi connectivity index (χ1n) is 6.28. The number of halogens is 1. The normalized spacial score (nSPS) is 10.8. The van der Waals surface area contributed by atoms with E-state index in [2.05, 4.69) is 0 Å². The first-order valence-corrected chi connectivity index (χ1v) is 6.28. The van der Waals surface area contributed by atoms with E-state index in [9.17, 15) is 14.3 Å². The van der Waals surface area contributed by atoms with Crippen LogP contribution < -0.4 is 10.3 Å². The van der Waals surface area contributed by atoms with Crippen LogP contribution in [0, 0.1) is 5.82 Å². The van der Waals surface area contributed by atoms with Gasteiger partial charge in [-0.15, -0.1) is 0 Å². The summed E-state index contributed by atoms with van der Waals surface area (Å²) in [5.74, 6) is -0.0510. The van der Waals surface area contributed by atoms with E-state index < -0.39 is 0 Å². The van der Waals surface area contributed by atoms with Crippen LogP contribution in [0.25, 0.3) is 16.5 Å². The van der Waals surface area contributed by atoms with Gasteiger partial charge in [0.25, 0.3) is 5.56 Å². The van der Waals surface area contributed by atoms with Crippen LogP contribution >= 0.6 is 0 Å². The maximum atomic E-state index is 13.0. The number of hydrogen-bond acceptors (Lipinski definition) is 3. The van der Waals surface area contributed by atoms with E-state index >= 15 is 0 Å². The van der Waals surface area contributed by atoms with Gasteiger partial charge in [0.2, 0.25) is 0 Å². The highest BCUT2D eigenvalue weighted by molar-refractivity contribution is 5.88. The third kappa shape index (κ3) is 2.23. The maximum absolute atomic E-state index is 13.0. The summed E-state index contributed by atoms with van der Waals surface area (Å²) >= 11 is 0. The molecule has 0 saturated carbocycles. The molecule has 0 radical (unpaired) electrons. The average molecular weight is 285 g/mol. The van der Waals surface area contributed by atoms with E-state index in [0.29, 0.717) is 16.8 Å². The number of benzene rings is 2. The summed E-state index contributed by atoms with van der Waals surface area (Å²) in [6.07, 6.45) is 1.58. The van der Waals surface area contributed by atoms with Gasteiger partial charge < -0.3 is 9.84 Å². The molecule has 1 N–H and O–H groups in total. The Balaban J connectivity index is 2.28. The van der Waals surface area contributed by atoms with Gasteiger partial charge in [-0.2, -0.15) is 0 Å². The van der Waals surface area contributed by atoms with Gasteiger partial charge in [-0.05, 0) is 41.8 Å². The topological polar surface area (TPSA) is 51.5 Å². The van der Waals surface area contributed by atoms with Crippen LogP contribution in [0.3, 0.4) is 0 Å². The second-order valence-electron chi connectivity index (χ2n) is 4.58. The maximum Gasteiger partial charge on any atom is 0.266 e. The lowest BCUT2D eigenvalue weighted by Crippen LogP contribution is -2.17. The van der Waals surface area contributed by atoms with Gasteiger partial charge >= 0.3 is 0 Å². The summed E-state index contributed by atoms with van der Waals surface area (Å²) in [5, 5.41) is 10.8. The lowest BCUT2D eigenvalue weighted by molar-refractivity contribution is 0.409. The number of phenols is 1. The molecule has 0 saturated heterocycles. The number of fused-ring (bicyclic) bond motifs is 1. The Hall–Kier alpha value is -2.82. The zero-order valence-electron chi connectivity index (χ0n) is 11.2. The summed E-state index contributed by atoms with van der Waals surface area (Å²) < 4.78 is 19.4. The summed E-state index contributed by atoms with van der Waals surface area (Å²) in [4.78, 5) is 12.5. The molecule has 1 aromatic heterocycles. The molecule has 5 heteroatoms. The van der Waals surface area contributed by atoms with Crippen molar-refractivity contribution in [1.29, 1.82) is 0 Å². The smallest absolute Gasteiger partial charge is 0.266 e. The quantitative estimate of drug-likeness (QED) is 0.787. The second-order valence-corrected chi connectivity index (χ2v) is 4.58. The molecule has 0 unspecified atom stereocenters. The Morgan fingerprint density at radius 1 is 1.14 bits per heavy atom. The predicted molar refractivity (Wildman–Crippen MR) is 77.7 cm³/mol. The molecule has 0 aliphatic rings. The summed E-state index contributed by atoms with van der Waals surface area (Å²) in [6.45, 7) is 0. The Kier molecular flexibility index (Phi) is 3.10. The minimum absolute atomic E-state index is 0.147. The fourth-order valence-corrected chi connectivity index (χ4v) is 2.25. The highest BCUT2D eigenvalue weighted by Gasteiger charge is 2.10. The summed E-state index contributed by atoms with van der Waals surface area (Å²) in [7, 11) is 1.49. The minimum atomic E-state index is -0.376. The van der Waals surface area contributed by atoms with Crippen molar-refractivity contribution in [2.45, 2.75) is 0 Å². The third-order valence-corrected chi connectivity index (χ3v) is 3.30. The summed E-state index contributed by atoms with van der Waals surface area (Å²) in [5.41, 5.74) is 0.151. The van der Waals surface area contributed by atoms with Crippen molar-refractivity contribution in [2.24, 2.45) is 0 Å². The number of aromatic nitrogens is 1. The van der Waals surface area contributed by atoms with E-state index in [0.717, 1.165) is 0 Å². The minimum Gasteiger partial charge on any atom is -0.507 e. The number of rotatable bonds is 2. The van der Waals surface area contributed by atoms with Crippen molar-refractivity contribution in [2.75, 3.05) is 7.11 Å². The molecule has 0 aliphatic heterocycles. The van der Waals surface area contributed by atoms with E-state index in [-0.39, 0.29) is 22.5 Å². The van der Waals surface area contributed by atoms with Gasteiger partial charge in [0, 0.05) is 18.0 Å². The molecule has 106 valence electrons. The van der Waals surface area contributed by atoms with Crippen molar-refractivity contribution in [3.05, 3.63) is 64.8 Å². The van der Waals surface area contributed by atoms with Crippen molar-refractivity contribution in [3.63, 3.8) is 0 Å². The lowest BCUT2D eigenvalue weighted by Gasteiger charge is -2.09. The SMILES string of the molecule is COc1cc(O)c2c(=O)n(-c3ccc(F)cc3)ccc2c1. The number of hydrogen-bond donors (Lipinski definition) is 1. The third-order valence-electron chi connectivity index (χ3n) is 3.30. The van der Waals surface area contributed by atoms with Gasteiger partial charge in [0.05, 0.1) is 12.5 Å². The fraction of sp³-hybridized carbons (Fsp3) is 0.0625. The van der Waals surface area contributed by atoms with Crippen LogP contribution in [0.15, 0.2) is 53.5 Å². The van der Waals surface area contributed by atoms with Gasteiger partial charge in [-0.3, -0.25) is 9.36 Å². The first kappa shape index (κ1) is 13.2. The molecule has 3 rings (SSSR count). The van der Waals surface area contributed by atoms with E-state index in [1.54, 1.807) is 18.3 Å². The van der Waals surface area contributed by atoms with Crippen molar-refractivity contribution >= 4 is 10.8 Å². The van der Waals surface area contributed by atoms with Crippen molar-refractivity contribution in [3.8, 4) is 17.2 Å². The number of nitrogens with zero attached hydrogens (tertiary/aromatic N) is 1. The molecular formula is C16H12FNO3. The Labute approximate surface area is 119 Å². The first-order chi connectivity index (χ1) is 10.1. The van der Waals surface area contributed by atoms with Crippen LogP contribution in [-0.4, -0.2) is 16.8 Å². The van der Waals surface area contributed by atoms with E-state index in [1.807, 2.05) is 0 Å². The van der Waals surface area contributed by atoms with Crippen LogP contribution in [0.1, 0.15) is 0 Å². The van der Waals surface area contributed by atoms with Crippen LogP contribution in [0.5, 0.6) is 11.5 Å². The van der Waals surface area contributed by atoms with Crippen molar-refractivity contribution < 1.29 is 14.2 Å². The van der Waals surface area contributed by atoms with Gasteiger partial charge in [0.1, 0.15) is 17.3 Å². The Bertz CT molecular complexity index is 869. The molecule has 0 bridgehead atoms. The van der Waals surface area contributed by atoms with Gasteiger partial charge in [-0.1, -0.05) is 0 Å². The van der Waals surface area contributed by atoms with E-state index in [4.69, 9.17) is 4.74 Å². The highest BCUT2D eigenvalue weighted by atomic mass is 19.1. The highest BCUT2D eigenvalue weighted by Crippen LogP contribution is 2.28. The monoisotopic (exact) mass is 285 g/mol. The molecule has 0 spiro atoms. The van der Waals surface area contributed by atoms with Crippen LogP contribution in [0.4, 0.5) is 4.39 Å². The molecule has 2 aromatic carbocycles. The molecular weight excluding hydrogens is 273 g/mol. The molecule has 0 amide bonds. The number of aromatic hydroxyl groups is 1. The Morgan fingerprint density at radius 2 is 1.86 bits per heavy atom. The summed E-state index contributed by atoms with van der Waals surface area (Å²) in [6, 6.07) is 10.3. The van der Waals surface area contributed by atoms with Gasteiger partial charge in [-0.25, -0.2) is 4.39 Å². The molecule has 0 fully saturated rings. The number of ether oxygens (including phenoxy) is 1.